The number of carbonyl (C=O) groups excluding carboxylic acids is 2. The number of benzene rings is 2. The van der Waals surface area contributed by atoms with Gasteiger partial charge in [-0.1, -0.05) is 39.8 Å². The van der Waals surface area contributed by atoms with E-state index in [1.807, 2.05) is 0 Å². The molecule has 0 saturated carbocycles. The molecule has 0 radical (unpaired) electrons. The highest BCUT2D eigenvalue weighted by atomic mass is 16.5. The third-order valence-electron chi connectivity index (χ3n) is 5.36. The first-order valence-corrected chi connectivity index (χ1v) is 11.7. The first-order valence-electron chi connectivity index (χ1n) is 11.7. The van der Waals surface area contributed by atoms with Gasteiger partial charge in [0.05, 0.1) is 24.7 Å². The van der Waals surface area contributed by atoms with Crippen LogP contribution in [0.15, 0.2) is 48.5 Å². The van der Waals surface area contributed by atoms with Crippen LogP contribution >= 0.6 is 0 Å². The van der Waals surface area contributed by atoms with Crippen molar-refractivity contribution in [1.82, 2.24) is 0 Å². The van der Waals surface area contributed by atoms with E-state index in [0.717, 1.165) is 19.3 Å². The maximum Gasteiger partial charge on any atom is 0.488 e. The van der Waals surface area contributed by atoms with Crippen molar-refractivity contribution in [3.63, 3.8) is 0 Å². The summed E-state index contributed by atoms with van der Waals surface area (Å²) in [6, 6.07) is 12.6. The van der Waals surface area contributed by atoms with Gasteiger partial charge in [0.1, 0.15) is 11.5 Å². The van der Waals surface area contributed by atoms with Gasteiger partial charge in [0, 0.05) is 0 Å². The van der Waals surface area contributed by atoms with E-state index < -0.39 is 13.1 Å². The van der Waals surface area contributed by atoms with Gasteiger partial charge in [0.2, 0.25) is 0 Å². The molecule has 0 spiro atoms. The van der Waals surface area contributed by atoms with Crippen LogP contribution in [0.4, 0.5) is 0 Å². The molecule has 0 aromatic heterocycles. The second-order valence-electron chi connectivity index (χ2n) is 9.06. The smallest absolute Gasteiger partial charge is 0.488 e. The molecule has 184 valence electrons. The Morgan fingerprint density at radius 3 is 2.00 bits per heavy atom. The molecule has 0 amide bonds. The van der Waals surface area contributed by atoms with Gasteiger partial charge in [-0.3, -0.25) is 4.79 Å². The number of carbonyl (C=O) groups is 2. The molecule has 0 fully saturated rings. The van der Waals surface area contributed by atoms with Crippen molar-refractivity contribution in [2.45, 2.75) is 47.0 Å². The zero-order chi connectivity index (χ0) is 25.1. The Hall–Kier alpha value is -2.84. The summed E-state index contributed by atoms with van der Waals surface area (Å²) in [4.78, 5) is 24.6. The van der Waals surface area contributed by atoms with Crippen LogP contribution in [0.3, 0.4) is 0 Å². The van der Waals surface area contributed by atoms with Crippen LogP contribution in [-0.4, -0.2) is 42.3 Å². The molecule has 2 N–H and O–H groups in total. The molecule has 2 aromatic rings. The summed E-state index contributed by atoms with van der Waals surface area (Å²) in [6.07, 6.45) is 2.30. The highest BCUT2D eigenvalue weighted by molar-refractivity contribution is 6.58. The number of esters is 2. The van der Waals surface area contributed by atoms with Crippen LogP contribution < -0.4 is 14.9 Å². The lowest BCUT2D eigenvalue weighted by atomic mass is 9.80. The summed E-state index contributed by atoms with van der Waals surface area (Å²) < 4.78 is 16.4. The van der Waals surface area contributed by atoms with Gasteiger partial charge in [0.25, 0.3) is 0 Å². The van der Waals surface area contributed by atoms with Crippen molar-refractivity contribution < 1.29 is 33.8 Å². The maximum atomic E-state index is 12.3. The fourth-order valence-electron chi connectivity index (χ4n) is 3.38. The summed E-state index contributed by atoms with van der Waals surface area (Å²) in [5, 5.41) is 18.2. The summed E-state index contributed by atoms with van der Waals surface area (Å²) >= 11 is 0. The first kappa shape index (κ1) is 27.4. The molecular formula is C26H35BO7. The van der Waals surface area contributed by atoms with Crippen LogP contribution in [0.2, 0.25) is 0 Å². The average molecular weight is 470 g/mol. The zero-order valence-corrected chi connectivity index (χ0v) is 20.4. The molecule has 0 bridgehead atoms. The van der Waals surface area contributed by atoms with Gasteiger partial charge in [-0.15, -0.1) is 0 Å². The van der Waals surface area contributed by atoms with Crippen LogP contribution in [0.5, 0.6) is 11.5 Å². The molecule has 7 nitrogen and oxygen atoms in total. The molecule has 34 heavy (non-hydrogen) atoms. The van der Waals surface area contributed by atoms with E-state index in [9.17, 15) is 9.59 Å². The normalized spacial score (nSPS) is 11.9. The van der Waals surface area contributed by atoms with Gasteiger partial charge in [-0.05, 0) is 73.0 Å². The minimum absolute atomic E-state index is 0.0609. The van der Waals surface area contributed by atoms with Gasteiger partial charge in [-0.25, -0.2) is 4.79 Å². The molecule has 8 heteroatoms. The van der Waals surface area contributed by atoms with Crippen LogP contribution in [0.1, 0.15) is 57.3 Å². The largest absolute Gasteiger partial charge is 0.494 e. The van der Waals surface area contributed by atoms with E-state index in [4.69, 9.17) is 24.3 Å². The maximum absolute atomic E-state index is 12.3. The Morgan fingerprint density at radius 1 is 0.853 bits per heavy atom. The minimum Gasteiger partial charge on any atom is -0.494 e. The third kappa shape index (κ3) is 9.19. The zero-order valence-electron chi connectivity index (χ0n) is 20.4. The van der Waals surface area contributed by atoms with Crippen molar-refractivity contribution in [1.29, 1.82) is 0 Å². The number of hydrogen-bond acceptors (Lipinski definition) is 7. The summed E-state index contributed by atoms with van der Waals surface area (Å²) in [7, 11) is -1.57. The van der Waals surface area contributed by atoms with Crippen molar-refractivity contribution in [3.05, 3.63) is 54.1 Å². The quantitative estimate of drug-likeness (QED) is 0.200. The van der Waals surface area contributed by atoms with E-state index in [-0.39, 0.29) is 17.8 Å². The Labute approximate surface area is 202 Å². The lowest BCUT2D eigenvalue weighted by Crippen LogP contribution is -2.29. The van der Waals surface area contributed by atoms with Gasteiger partial charge in [0.15, 0.2) is 0 Å². The fourth-order valence-corrected chi connectivity index (χ4v) is 3.38. The Bertz CT molecular complexity index is 892. The predicted octanol–water partition coefficient (Wildman–Crippen LogP) is 3.61. The van der Waals surface area contributed by atoms with Gasteiger partial charge in [-0.2, -0.15) is 0 Å². The number of rotatable bonds is 13. The fraction of sp³-hybridized carbons (Fsp3) is 0.462. The number of hydrogen-bond donors (Lipinski definition) is 2. The Morgan fingerprint density at radius 2 is 1.44 bits per heavy atom. The van der Waals surface area contributed by atoms with E-state index in [1.165, 1.54) is 24.3 Å². The van der Waals surface area contributed by atoms with Crippen LogP contribution in [-0.2, 0) is 9.53 Å². The van der Waals surface area contributed by atoms with Gasteiger partial charge >= 0.3 is 19.1 Å². The summed E-state index contributed by atoms with van der Waals surface area (Å²) in [5.74, 6) is 0.950. The van der Waals surface area contributed by atoms with E-state index in [0.29, 0.717) is 41.7 Å². The third-order valence-corrected chi connectivity index (χ3v) is 5.36. The Kier molecular flexibility index (Phi) is 11.1. The highest BCUT2D eigenvalue weighted by Crippen LogP contribution is 2.22. The second kappa shape index (κ2) is 13.8. The summed E-state index contributed by atoms with van der Waals surface area (Å²) in [6.45, 7) is 9.18. The number of ether oxygens (including phenoxy) is 3. The lowest BCUT2D eigenvalue weighted by Gasteiger charge is -2.21. The first-order chi connectivity index (χ1) is 16.2. The van der Waals surface area contributed by atoms with Crippen molar-refractivity contribution >= 4 is 24.5 Å². The average Bonchev–Trinajstić information content (AvgIpc) is 2.80. The highest BCUT2D eigenvalue weighted by Gasteiger charge is 2.24. The predicted molar refractivity (Wildman–Crippen MR) is 131 cm³/mol. The standard InChI is InChI=1S/C26H35BO7/c1-18(2)17-24(19(3)4)26(29)33-16-6-5-15-32-22-11-7-20(8-12-22)25(28)34-23-13-9-21(10-14-23)27(30)31/h7-14,18-19,24,30-31H,5-6,15-17H2,1-4H3. The van der Waals surface area contributed by atoms with Crippen LogP contribution in [0, 0.1) is 17.8 Å². The van der Waals surface area contributed by atoms with Crippen molar-refractivity contribution in [3.8, 4) is 11.5 Å². The molecule has 2 rings (SSSR count). The SMILES string of the molecule is CC(C)CC(C(=O)OCCCCOc1ccc(C(=O)Oc2ccc(B(O)O)cc2)cc1)C(C)C. The molecule has 0 heterocycles. The number of unbranched alkanes of at least 4 members (excludes halogenated alkanes) is 1. The summed E-state index contributed by atoms with van der Waals surface area (Å²) in [5.41, 5.74) is 0.678. The molecule has 0 aliphatic heterocycles. The van der Waals surface area contributed by atoms with E-state index >= 15 is 0 Å². The second-order valence-corrected chi connectivity index (χ2v) is 9.06. The topological polar surface area (TPSA) is 102 Å². The van der Waals surface area contributed by atoms with Crippen LogP contribution in [0.25, 0.3) is 0 Å². The molecule has 0 aliphatic rings. The Balaban J connectivity index is 1.70. The molecule has 0 saturated heterocycles. The lowest BCUT2D eigenvalue weighted by molar-refractivity contribution is -0.151. The monoisotopic (exact) mass is 470 g/mol. The molecular weight excluding hydrogens is 435 g/mol. The minimum atomic E-state index is -1.57. The van der Waals surface area contributed by atoms with Crippen molar-refractivity contribution in [2.24, 2.45) is 17.8 Å². The van der Waals surface area contributed by atoms with Gasteiger partial charge < -0.3 is 24.3 Å². The molecule has 1 atom stereocenters. The molecule has 1 unspecified atom stereocenters. The van der Waals surface area contributed by atoms with Crippen molar-refractivity contribution in [2.75, 3.05) is 13.2 Å². The van der Waals surface area contributed by atoms with E-state index in [2.05, 4.69) is 27.7 Å². The molecule has 0 aliphatic carbocycles. The molecule has 2 aromatic carbocycles. The van der Waals surface area contributed by atoms with E-state index in [1.54, 1.807) is 24.3 Å².